The van der Waals surface area contributed by atoms with Crippen LogP contribution in [-0.2, 0) is 20.9 Å². The fraction of sp³-hybridized carbons (Fsp3) is 0.200. The van der Waals surface area contributed by atoms with Crippen molar-refractivity contribution in [2.45, 2.75) is 25.9 Å². The number of esters is 1. The zero-order valence-corrected chi connectivity index (χ0v) is 20.1. The van der Waals surface area contributed by atoms with E-state index in [0.29, 0.717) is 28.0 Å². The summed E-state index contributed by atoms with van der Waals surface area (Å²) in [6.45, 7) is 5.87. The van der Waals surface area contributed by atoms with E-state index in [1.807, 2.05) is 40.6 Å². The van der Waals surface area contributed by atoms with E-state index in [-0.39, 0.29) is 18.9 Å². The van der Waals surface area contributed by atoms with Crippen LogP contribution in [0.2, 0.25) is 5.02 Å². The zero-order valence-electron chi connectivity index (χ0n) is 18.5. The lowest BCUT2D eigenvalue weighted by Gasteiger charge is -2.36. The lowest BCUT2D eigenvalue weighted by Crippen LogP contribution is -2.38. The molecule has 1 aromatic carbocycles. The minimum Gasteiger partial charge on any atom is -0.458 e. The summed E-state index contributed by atoms with van der Waals surface area (Å²) < 4.78 is 5.38. The smallest absolute Gasteiger partial charge is 0.338 e. The molecular weight excluding hydrogens is 472 g/mol. The average molecular weight is 495 g/mol. The summed E-state index contributed by atoms with van der Waals surface area (Å²) in [4.78, 5) is 36.4. The van der Waals surface area contributed by atoms with E-state index >= 15 is 0 Å². The molecule has 7 nitrogen and oxygen atoms in total. The van der Waals surface area contributed by atoms with Gasteiger partial charge in [-0.3, -0.25) is 9.78 Å². The van der Waals surface area contributed by atoms with E-state index in [4.69, 9.17) is 16.3 Å². The highest BCUT2D eigenvalue weighted by atomic mass is 35.5. The number of benzene rings is 1. The Balaban J connectivity index is 1.62. The minimum atomic E-state index is -0.576. The molecule has 174 valence electrons. The van der Waals surface area contributed by atoms with Crippen molar-refractivity contribution in [3.8, 4) is 0 Å². The number of amides is 1. The van der Waals surface area contributed by atoms with Crippen LogP contribution in [0.1, 0.15) is 30.5 Å². The lowest BCUT2D eigenvalue weighted by atomic mass is 9.93. The largest absolute Gasteiger partial charge is 0.458 e. The number of aliphatic imine (C=N–C) groups is 1. The summed E-state index contributed by atoms with van der Waals surface area (Å²) in [5, 5.41) is 6.01. The molecule has 2 aliphatic rings. The van der Waals surface area contributed by atoms with Gasteiger partial charge >= 0.3 is 5.97 Å². The molecule has 1 N–H and O–H groups in total. The third-order valence-corrected chi connectivity index (χ3v) is 6.57. The molecule has 0 unspecified atom stereocenters. The van der Waals surface area contributed by atoms with E-state index in [0.717, 1.165) is 16.8 Å². The third-order valence-electron chi connectivity index (χ3n) is 5.33. The first-order chi connectivity index (χ1) is 16.5. The van der Waals surface area contributed by atoms with Crippen molar-refractivity contribution in [1.29, 1.82) is 0 Å². The van der Waals surface area contributed by atoms with Crippen LogP contribution >= 0.6 is 23.4 Å². The first-order valence-corrected chi connectivity index (χ1v) is 11.9. The van der Waals surface area contributed by atoms with Crippen molar-refractivity contribution >= 4 is 40.4 Å². The maximum atomic E-state index is 13.1. The van der Waals surface area contributed by atoms with Gasteiger partial charge in [0.15, 0.2) is 5.17 Å². The van der Waals surface area contributed by atoms with Crippen molar-refractivity contribution in [3.63, 3.8) is 0 Å². The molecule has 3 heterocycles. The Bertz CT molecular complexity index is 1210. The van der Waals surface area contributed by atoms with Gasteiger partial charge in [0.05, 0.1) is 23.7 Å². The lowest BCUT2D eigenvalue weighted by molar-refractivity contribution is -0.138. The van der Waals surface area contributed by atoms with Crippen LogP contribution in [0.25, 0.3) is 0 Å². The Kier molecular flexibility index (Phi) is 7.49. The van der Waals surface area contributed by atoms with Crippen LogP contribution in [0.5, 0.6) is 0 Å². The quantitative estimate of drug-likeness (QED) is 0.421. The highest BCUT2D eigenvalue weighted by Gasteiger charge is 2.41. The van der Waals surface area contributed by atoms with Crippen LogP contribution in [0.3, 0.4) is 0 Å². The van der Waals surface area contributed by atoms with Crippen molar-refractivity contribution < 1.29 is 14.3 Å². The van der Waals surface area contributed by atoms with Gasteiger partial charge in [-0.1, -0.05) is 54.2 Å². The summed E-state index contributed by atoms with van der Waals surface area (Å²) in [5.41, 5.74) is 3.34. The minimum absolute atomic E-state index is 0.0796. The van der Waals surface area contributed by atoms with Crippen molar-refractivity contribution in [1.82, 2.24) is 15.2 Å². The number of ether oxygens (including phenoxy) is 1. The maximum Gasteiger partial charge on any atom is 0.338 e. The fourth-order valence-electron chi connectivity index (χ4n) is 3.76. The fourth-order valence-corrected chi connectivity index (χ4v) is 4.97. The monoisotopic (exact) mass is 494 g/mol. The Hall–Kier alpha value is -3.36. The van der Waals surface area contributed by atoms with Crippen molar-refractivity contribution in [3.05, 3.63) is 100.0 Å². The van der Waals surface area contributed by atoms with Gasteiger partial charge in [0.2, 0.25) is 5.91 Å². The van der Waals surface area contributed by atoms with Crippen LogP contribution in [-0.4, -0.2) is 33.5 Å². The average Bonchev–Trinajstić information content (AvgIpc) is 3.23. The molecule has 4 rings (SSSR count). The number of hydrogen-bond donors (Lipinski definition) is 1. The summed E-state index contributed by atoms with van der Waals surface area (Å²) >= 11 is 7.98. The number of fused-ring (bicyclic) bond motifs is 1. The molecule has 9 heteroatoms. The maximum absolute atomic E-state index is 13.1. The second-order valence-electron chi connectivity index (χ2n) is 7.61. The molecule has 34 heavy (non-hydrogen) atoms. The van der Waals surface area contributed by atoms with Gasteiger partial charge in [-0.15, -0.1) is 0 Å². The second-order valence-corrected chi connectivity index (χ2v) is 8.85. The van der Waals surface area contributed by atoms with E-state index in [1.165, 1.54) is 17.8 Å². The van der Waals surface area contributed by atoms with Gasteiger partial charge in [-0.2, -0.15) is 0 Å². The Labute approximate surface area is 207 Å². The standard InChI is InChI=1S/C25H23ClN4O3S/c1-3-12-33-24(32)22-16(2)29-25-30(23(22)19-6-4-5-7-20(19)26)18(15-34-25)13-21(31)28-14-17-8-10-27-11-9-17/h3-11,15,23H,1,12-14H2,2H3,(H,28,31)/t23-/m0/s1. The number of pyridine rings is 1. The van der Waals surface area contributed by atoms with Gasteiger partial charge in [-0.25, -0.2) is 9.79 Å². The number of carbonyl (C=O) groups excluding carboxylic acids is 2. The molecule has 0 radical (unpaired) electrons. The number of allylic oxidation sites excluding steroid dienone is 1. The number of hydrogen-bond acceptors (Lipinski definition) is 7. The molecule has 0 bridgehead atoms. The van der Waals surface area contributed by atoms with Gasteiger partial charge in [0, 0.05) is 29.7 Å². The third kappa shape index (κ3) is 5.08. The van der Waals surface area contributed by atoms with Crippen LogP contribution in [0.15, 0.2) is 88.8 Å². The summed E-state index contributed by atoms with van der Waals surface area (Å²) in [5.74, 6) is -0.645. The van der Waals surface area contributed by atoms with Crippen LogP contribution in [0, 0.1) is 0 Å². The molecule has 0 fully saturated rings. The van der Waals surface area contributed by atoms with Crippen molar-refractivity contribution in [2.24, 2.45) is 4.99 Å². The SMILES string of the molecule is C=CCOC(=O)C1=C(C)N=C2SC=C(CC(=O)NCc3ccncc3)N2[C@H]1c1ccccc1Cl. The van der Waals surface area contributed by atoms with Gasteiger partial charge in [0.25, 0.3) is 0 Å². The predicted octanol–water partition coefficient (Wildman–Crippen LogP) is 4.75. The first-order valence-electron chi connectivity index (χ1n) is 10.6. The number of aromatic nitrogens is 1. The molecule has 1 aromatic heterocycles. The Morgan fingerprint density at radius 3 is 2.76 bits per heavy atom. The molecule has 0 saturated carbocycles. The number of nitrogens with one attached hydrogen (secondary N) is 1. The zero-order chi connectivity index (χ0) is 24.1. The molecule has 0 saturated heterocycles. The molecule has 2 aliphatic heterocycles. The number of thioether (sulfide) groups is 1. The first kappa shape index (κ1) is 23.8. The number of amidine groups is 1. The van der Waals surface area contributed by atoms with Crippen LogP contribution < -0.4 is 5.32 Å². The summed E-state index contributed by atoms with van der Waals surface area (Å²) in [6, 6.07) is 10.5. The Morgan fingerprint density at radius 1 is 1.26 bits per heavy atom. The van der Waals surface area contributed by atoms with Crippen molar-refractivity contribution in [2.75, 3.05) is 6.61 Å². The van der Waals surface area contributed by atoms with Gasteiger partial charge < -0.3 is 15.0 Å². The molecule has 2 aromatic rings. The van der Waals surface area contributed by atoms with E-state index in [1.54, 1.807) is 25.4 Å². The van der Waals surface area contributed by atoms with E-state index in [9.17, 15) is 9.59 Å². The topological polar surface area (TPSA) is 83.9 Å². The second kappa shape index (κ2) is 10.7. The summed E-state index contributed by atoms with van der Waals surface area (Å²) in [7, 11) is 0. The van der Waals surface area contributed by atoms with E-state index in [2.05, 4.69) is 21.9 Å². The van der Waals surface area contributed by atoms with Gasteiger partial charge in [0.1, 0.15) is 6.61 Å². The Morgan fingerprint density at radius 2 is 2.03 bits per heavy atom. The number of nitrogens with zero attached hydrogens (tertiary/aromatic N) is 3. The van der Waals surface area contributed by atoms with Gasteiger partial charge in [-0.05, 0) is 41.7 Å². The number of rotatable bonds is 8. The molecular formula is C25H23ClN4O3S. The highest BCUT2D eigenvalue weighted by Crippen LogP contribution is 2.46. The molecule has 0 aliphatic carbocycles. The van der Waals surface area contributed by atoms with Crippen LogP contribution in [0.4, 0.5) is 0 Å². The normalized spacial score (nSPS) is 17.0. The summed E-state index contributed by atoms with van der Waals surface area (Å²) in [6.07, 6.45) is 5.00. The molecule has 0 spiro atoms. The number of halogens is 1. The predicted molar refractivity (Wildman–Crippen MR) is 134 cm³/mol. The number of carbonyl (C=O) groups is 2. The highest BCUT2D eigenvalue weighted by molar-refractivity contribution is 8.16. The van der Waals surface area contributed by atoms with E-state index < -0.39 is 12.0 Å². The molecule has 1 amide bonds. The molecule has 1 atom stereocenters.